The summed E-state index contributed by atoms with van der Waals surface area (Å²) in [5.74, 6) is 1.95. The van der Waals surface area contributed by atoms with Gasteiger partial charge in [0.15, 0.2) is 5.78 Å². The zero-order valence-corrected chi connectivity index (χ0v) is 14.7. The van der Waals surface area contributed by atoms with Crippen molar-refractivity contribution in [1.82, 2.24) is 0 Å². The summed E-state index contributed by atoms with van der Waals surface area (Å²) in [7, 11) is 0. The van der Waals surface area contributed by atoms with Crippen LogP contribution in [-0.2, 0) is 4.79 Å². The highest BCUT2D eigenvalue weighted by Gasteiger charge is 2.00. The Morgan fingerprint density at radius 3 is 1.81 bits per heavy atom. The lowest BCUT2D eigenvalue weighted by molar-refractivity contribution is 0.104. The molecular formula is C25H18O2. The van der Waals surface area contributed by atoms with Crippen molar-refractivity contribution < 1.29 is 9.59 Å². The molecule has 0 spiro atoms. The Balaban J connectivity index is 1.75. The standard InChI is InChI=1S/C25H18O2/c26-19-24(22-10-3-1-4-11-22)16-14-20-8-7-9-21(18-20)15-17-25(27)23-12-5-2-6-13-23/h1-18H. The van der Waals surface area contributed by atoms with E-state index in [-0.39, 0.29) is 5.78 Å². The maximum Gasteiger partial charge on any atom is 0.185 e. The highest BCUT2D eigenvalue weighted by molar-refractivity contribution is 6.06. The van der Waals surface area contributed by atoms with E-state index in [0.29, 0.717) is 11.1 Å². The molecular weight excluding hydrogens is 332 g/mol. The van der Waals surface area contributed by atoms with Gasteiger partial charge in [0.1, 0.15) is 5.94 Å². The first-order chi connectivity index (χ1) is 13.3. The molecule has 2 heteroatoms. The molecule has 0 aliphatic rings. The van der Waals surface area contributed by atoms with Gasteiger partial charge in [0.2, 0.25) is 0 Å². The van der Waals surface area contributed by atoms with Crippen molar-refractivity contribution in [3.8, 4) is 0 Å². The summed E-state index contributed by atoms with van der Waals surface area (Å²) in [6, 6.07) is 26.3. The lowest BCUT2D eigenvalue weighted by Crippen LogP contribution is -1.92. The van der Waals surface area contributed by atoms with Gasteiger partial charge < -0.3 is 0 Å². The van der Waals surface area contributed by atoms with Crippen LogP contribution < -0.4 is 0 Å². The molecule has 0 amide bonds. The van der Waals surface area contributed by atoms with Crippen LogP contribution in [0.1, 0.15) is 27.0 Å². The Kier molecular flexibility index (Phi) is 6.08. The third-order valence-electron chi connectivity index (χ3n) is 4.03. The molecule has 3 rings (SSSR count). The Labute approximate surface area is 158 Å². The van der Waals surface area contributed by atoms with Crippen molar-refractivity contribution >= 4 is 29.4 Å². The average molecular weight is 350 g/mol. The summed E-state index contributed by atoms with van der Waals surface area (Å²) < 4.78 is 0. The lowest BCUT2D eigenvalue weighted by Gasteiger charge is -1.99. The number of hydrogen-bond donors (Lipinski definition) is 0. The van der Waals surface area contributed by atoms with Crippen molar-refractivity contribution in [2.24, 2.45) is 0 Å². The maximum absolute atomic E-state index is 12.2. The molecule has 0 aliphatic carbocycles. The first kappa shape index (κ1) is 18.1. The predicted octanol–water partition coefficient (Wildman–Crippen LogP) is 5.51. The topological polar surface area (TPSA) is 34.1 Å². The van der Waals surface area contributed by atoms with E-state index in [0.717, 1.165) is 16.7 Å². The zero-order chi connectivity index (χ0) is 18.9. The highest BCUT2D eigenvalue weighted by Crippen LogP contribution is 2.16. The van der Waals surface area contributed by atoms with Crippen molar-refractivity contribution in [2.75, 3.05) is 0 Å². The maximum atomic E-state index is 12.2. The van der Waals surface area contributed by atoms with E-state index in [1.807, 2.05) is 84.8 Å². The molecule has 0 saturated carbocycles. The molecule has 0 unspecified atom stereocenters. The van der Waals surface area contributed by atoms with Crippen LogP contribution in [0.3, 0.4) is 0 Å². The number of carbonyl (C=O) groups is 1. The van der Waals surface area contributed by atoms with E-state index in [1.54, 1.807) is 30.4 Å². The van der Waals surface area contributed by atoms with E-state index in [4.69, 9.17) is 0 Å². The van der Waals surface area contributed by atoms with Crippen LogP contribution in [0.5, 0.6) is 0 Å². The highest BCUT2D eigenvalue weighted by atomic mass is 16.1. The number of carbonyl (C=O) groups excluding carboxylic acids is 2. The van der Waals surface area contributed by atoms with Crippen LogP contribution in [0.2, 0.25) is 0 Å². The second-order valence-corrected chi connectivity index (χ2v) is 5.95. The fourth-order valence-corrected chi connectivity index (χ4v) is 2.62. The number of hydrogen-bond acceptors (Lipinski definition) is 2. The molecule has 0 N–H and O–H groups in total. The van der Waals surface area contributed by atoms with Crippen LogP contribution in [0, 0.1) is 0 Å². The molecule has 3 aromatic rings. The normalized spacial score (nSPS) is 10.8. The zero-order valence-electron chi connectivity index (χ0n) is 14.7. The van der Waals surface area contributed by atoms with E-state index in [9.17, 15) is 9.59 Å². The van der Waals surface area contributed by atoms with Gasteiger partial charge >= 0.3 is 0 Å². The minimum atomic E-state index is -0.0354. The SMILES string of the molecule is O=C=C(C=Cc1cccc(C=CC(=O)c2ccccc2)c1)c1ccccc1. The third-order valence-corrected chi connectivity index (χ3v) is 4.03. The number of ketones is 1. The van der Waals surface area contributed by atoms with Crippen molar-refractivity contribution in [3.05, 3.63) is 119 Å². The summed E-state index contributed by atoms with van der Waals surface area (Å²) in [5.41, 5.74) is 3.84. The molecule has 0 fully saturated rings. The summed E-state index contributed by atoms with van der Waals surface area (Å²) >= 11 is 0. The minimum absolute atomic E-state index is 0.0354. The van der Waals surface area contributed by atoms with Crippen molar-refractivity contribution in [1.29, 1.82) is 0 Å². The summed E-state index contributed by atoms with van der Waals surface area (Å²) in [4.78, 5) is 23.4. The van der Waals surface area contributed by atoms with Gasteiger partial charge in [-0.3, -0.25) is 4.79 Å². The van der Waals surface area contributed by atoms with Gasteiger partial charge in [0, 0.05) is 5.56 Å². The fraction of sp³-hybridized carbons (Fsp3) is 0. The van der Waals surface area contributed by atoms with Gasteiger partial charge in [0.05, 0.1) is 5.57 Å². The van der Waals surface area contributed by atoms with Gasteiger partial charge in [-0.05, 0) is 34.9 Å². The van der Waals surface area contributed by atoms with Crippen molar-refractivity contribution in [3.63, 3.8) is 0 Å². The molecule has 0 radical (unpaired) electrons. The summed E-state index contributed by atoms with van der Waals surface area (Å²) in [5, 5.41) is 0. The monoisotopic (exact) mass is 350 g/mol. The van der Waals surface area contributed by atoms with Crippen LogP contribution in [0.4, 0.5) is 0 Å². The Hall–Kier alpha value is -3.74. The van der Waals surface area contributed by atoms with E-state index >= 15 is 0 Å². The molecule has 0 saturated heterocycles. The van der Waals surface area contributed by atoms with Crippen LogP contribution in [0.15, 0.2) is 97.1 Å². The Morgan fingerprint density at radius 1 is 0.667 bits per heavy atom. The van der Waals surface area contributed by atoms with Gasteiger partial charge in [-0.15, -0.1) is 0 Å². The smallest absolute Gasteiger partial charge is 0.185 e. The van der Waals surface area contributed by atoms with Crippen LogP contribution >= 0.6 is 0 Å². The van der Waals surface area contributed by atoms with Crippen molar-refractivity contribution in [2.45, 2.75) is 0 Å². The molecule has 0 aliphatic heterocycles. The van der Waals surface area contributed by atoms with Gasteiger partial charge in [-0.1, -0.05) is 91.0 Å². The number of benzene rings is 3. The predicted molar refractivity (Wildman–Crippen MR) is 111 cm³/mol. The molecule has 0 aromatic heterocycles. The molecule has 0 bridgehead atoms. The summed E-state index contributed by atoms with van der Waals surface area (Å²) in [6.45, 7) is 0. The molecule has 27 heavy (non-hydrogen) atoms. The molecule has 3 aromatic carbocycles. The molecule has 0 heterocycles. The van der Waals surface area contributed by atoms with Crippen LogP contribution in [-0.4, -0.2) is 11.7 Å². The minimum Gasteiger partial charge on any atom is -0.289 e. The number of allylic oxidation sites excluding steroid dienone is 3. The summed E-state index contributed by atoms with van der Waals surface area (Å²) in [6.07, 6.45) is 6.98. The first-order valence-corrected chi connectivity index (χ1v) is 8.62. The second-order valence-electron chi connectivity index (χ2n) is 5.95. The van der Waals surface area contributed by atoms with Crippen LogP contribution in [0.25, 0.3) is 17.7 Å². The van der Waals surface area contributed by atoms with Gasteiger partial charge in [-0.25, -0.2) is 4.79 Å². The van der Waals surface area contributed by atoms with Gasteiger partial charge in [-0.2, -0.15) is 0 Å². The Bertz CT molecular complexity index is 1020. The molecule has 0 atom stereocenters. The first-order valence-electron chi connectivity index (χ1n) is 8.62. The quantitative estimate of drug-likeness (QED) is 0.254. The fourth-order valence-electron chi connectivity index (χ4n) is 2.62. The third kappa shape index (κ3) is 5.12. The van der Waals surface area contributed by atoms with E-state index < -0.39 is 0 Å². The average Bonchev–Trinajstić information content (AvgIpc) is 2.74. The Morgan fingerprint density at radius 2 is 1.22 bits per heavy atom. The van der Waals surface area contributed by atoms with Gasteiger partial charge in [0.25, 0.3) is 0 Å². The molecule has 130 valence electrons. The molecule has 2 nitrogen and oxygen atoms in total. The van der Waals surface area contributed by atoms with E-state index in [2.05, 4.69) is 0 Å². The number of rotatable bonds is 6. The lowest BCUT2D eigenvalue weighted by atomic mass is 10.0. The largest absolute Gasteiger partial charge is 0.289 e. The second kappa shape index (κ2) is 9.10. The van der Waals surface area contributed by atoms with E-state index in [1.165, 1.54) is 0 Å².